The van der Waals surface area contributed by atoms with Crippen LogP contribution in [0, 0.1) is 0 Å². The molecule has 1 amide bonds. The molecule has 0 aromatic heterocycles. The van der Waals surface area contributed by atoms with E-state index in [2.05, 4.69) is 5.32 Å². The Labute approximate surface area is 143 Å². The minimum atomic E-state index is -0.125. The van der Waals surface area contributed by atoms with Crippen LogP contribution >= 0.6 is 0 Å². The van der Waals surface area contributed by atoms with Crippen molar-refractivity contribution in [3.63, 3.8) is 0 Å². The lowest BCUT2D eigenvalue weighted by molar-refractivity contribution is -0.117. The molecule has 0 bridgehead atoms. The van der Waals surface area contributed by atoms with Crippen LogP contribution in [-0.4, -0.2) is 20.1 Å². The van der Waals surface area contributed by atoms with Crippen LogP contribution in [0.25, 0.3) is 6.08 Å². The highest BCUT2D eigenvalue weighted by molar-refractivity contribution is 5.92. The fourth-order valence-electron chi connectivity index (χ4n) is 2.39. The van der Waals surface area contributed by atoms with Crippen molar-refractivity contribution >= 4 is 12.0 Å². The first-order chi connectivity index (χ1) is 11.7. The van der Waals surface area contributed by atoms with Gasteiger partial charge in [0, 0.05) is 6.08 Å². The maximum absolute atomic E-state index is 12.2. The number of rotatable bonds is 7. The largest absolute Gasteiger partial charge is 0.497 e. The Kier molecular flexibility index (Phi) is 6.43. The Bertz CT molecular complexity index is 692. The van der Waals surface area contributed by atoms with E-state index in [0.717, 1.165) is 29.0 Å². The third kappa shape index (κ3) is 4.88. The van der Waals surface area contributed by atoms with Gasteiger partial charge in [-0.15, -0.1) is 0 Å². The molecule has 0 unspecified atom stereocenters. The molecule has 0 fully saturated rings. The van der Waals surface area contributed by atoms with Crippen molar-refractivity contribution in [1.29, 1.82) is 0 Å². The minimum absolute atomic E-state index is 0.0293. The second kappa shape index (κ2) is 8.77. The summed E-state index contributed by atoms with van der Waals surface area (Å²) in [6.45, 7) is 2.04. The molecular weight excluding hydrogens is 302 g/mol. The summed E-state index contributed by atoms with van der Waals surface area (Å²) in [6.07, 6.45) is 4.13. The van der Waals surface area contributed by atoms with E-state index in [-0.39, 0.29) is 11.9 Å². The normalized spacial score (nSPS) is 12.0. The Hall–Kier alpha value is -2.75. The lowest BCUT2D eigenvalue weighted by Gasteiger charge is -2.16. The zero-order valence-corrected chi connectivity index (χ0v) is 14.3. The molecule has 0 saturated carbocycles. The summed E-state index contributed by atoms with van der Waals surface area (Å²) in [4.78, 5) is 12.2. The molecule has 4 nitrogen and oxygen atoms in total. The Morgan fingerprint density at radius 2 is 1.79 bits per heavy atom. The molecule has 4 heteroatoms. The van der Waals surface area contributed by atoms with Gasteiger partial charge in [0.05, 0.1) is 20.3 Å². The summed E-state index contributed by atoms with van der Waals surface area (Å²) in [7, 11) is 3.26. The molecule has 2 aromatic carbocycles. The summed E-state index contributed by atoms with van der Waals surface area (Å²) in [5.74, 6) is 1.44. The lowest BCUT2D eigenvalue weighted by atomic mass is 10.0. The van der Waals surface area contributed by atoms with E-state index >= 15 is 0 Å². The average molecular weight is 325 g/mol. The predicted molar refractivity (Wildman–Crippen MR) is 96.2 cm³/mol. The Balaban J connectivity index is 2.01. The van der Waals surface area contributed by atoms with E-state index in [0.29, 0.717) is 0 Å². The van der Waals surface area contributed by atoms with Crippen LogP contribution in [0.15, 0.2) is 54.6 Å². The van der Waals surface area contributed by atoms with E-state index < -0.39 is 0 Å². The summed E-state index contributed by atoms with van der Waals surface area (Å²) in [6, 6.07) is 15.3. The van der Waals surface area contributed by atoms with Crippen LogP contribution in [0.1, 0.15) is 30.5 Å². The van der Waals surface area contributed by atoms with Gasteiger partial charge in [0.1, 0.15) is 11.5 Å². The minimum Gasteiger partial charge on any atom is -0.497 e. The number of amides is 1. The van der Waals surface area contributed by atoms with Crippen molar-refractivity contribution in [3.8, 4) is 11.5 Å². The molecule has 1 N–H and O–H groups in total. The van der Waals surface area contributed by atoms with Gasteiger partial charge in [0.15, 0.2) is 0 Å². The van der Waals surface area contributed by atoms with Gasteiger partial charge in [-0.1, -0.05) is 31.2 Å². The Morgan fingerprint density at radius 3 is 2.42 bits per heavy atom. The van der Waals surface area contributed by atoms with Gasteiger partial charge in [-0.05, 0) is 47.9 Å². The summed E-state index contributed by atoms with van der Waals surface area (Å²) >= 11 is 0. The van der Waals surface area contributed by atoms with Gasteiger partial charge in [-0.3, -0.25) is 4.79 Å². The highest BCUT2D eigenvalue weighted by atomic mass is 16.5. The number of benzene rings is 2. The summed E-state index contributed by atoms with van der Waals surface area (Å²) < 4.78 is 10.3. The highest BCUT2D eigenvalue weighted by Gasteiger charge is 2.11. The molecule has 0 radical (unpaired) electrons. The van der Waals surface area contributed by atoms with Crippen LogP contribution in [0.3, 0.4) is 0 Å². The predicted octanol–water partition coefficient (Wildman–Crippen LogP) is 3.98. The molecule has 2 rings (SSSR count). The molecule has 1 atom stereocenters. The lowest BCUT2D eigenvalue weighted by Crippen LogP contribution is -2.26. The van der Waals surface area contributed by atoms with E-state index in [1.54, 1.807) is 26.4 Å². The van der Waals surface area contributed by atoms with Crippen molar-refractivity contribution < 1.29 is 14.3 Å². The SMILES string of the molecule is CC[C@H](NC(=O)/C=C/c1cccc(OC)c1)c1ccc(OC)cc1. The number of hydrogen-bond donors (Lipinski definition) is 1. The summed E-state index contributed by atoms with van der Waals surface area (Å²) in [5, 5.41) is 3.02. The van der Waals surface area contributed by atoms with Gasteiger partial charge in [-0.2, -0.15) is 0 Å². The molecule has 24 heavy (non-hydrogen) atoms. The molecule has 0 aliphatic heterocycles. The van der Waals surface area contributed by atoms with Crippen LogP contribution < -0.4 is 14.8 Å². The van der Waals surface area contributed by atoms with E-state index in [4.69, 9.17) is 9.47 Å². The molecule has 0 aliphatic carbocycles. The van der Waals surface area contributed by atoms with Gasteiger partial charge < -0.3 is 14.8 Å². The third-order valence-corrected chi connectivity index (χ3v) is 3.76. The standard InChI is InChI=1S/C20H23NO3/c1-4-19(16-9-11-17(23-2)12-10-16)21-20(22)13-8-15-6-5-7-18(14-15)24-3/h5-14,19H,4H2,1-3H3,(H,21,22)/b13-8+/t19-/m0/s1. The number of nitrogens with one attached hydrogen (secondary N) is 1. The fourth-order valence-corrected chi connectivity index (χ4v) is 2.39. The second-order valence-electron chi connectivity index (χ2n) is 5.35. The van der Waals surface area contributed by atoms with Gasteiger partial charge in [0.25, 0.3) is 0 Å². The molecule has 2 aromatic rings. The number of carbonyl (C=O) groups excluding carboxylic acids is 1. The topological polar surface area (TPSA) is 47.6 Å². The monoisotopic (exact) mass is 325 g/mol. The number of ether oxygens (including phenoxy) is 2. The van der Waals surface area contributed by atoms with Crippen molar-refractivity contribution in [2.24, 2.45) is 0 Å². The van der Waals surface area contributed by atoms with Crippen molar-refractivity contribution in [3.05, 3.63) is 65.7 Å². The maximum atomic E-state index is 12.2. The molecular formula is C20H23NO3. The van der Waals surface area contributed by atoms with Crippen LogP contribution in [0.5, 0.6) is 11.5 Å². The first-order valence-corrected chi connectivity index (χ1v) is 7.92. The number of hydrogen-bond acceptors (Lipinski definition) is 3. The van der Waals surface area contributed by atoms with Gasteiger partial charge >= 0.3 is 0 Å². The molecule has 0 spiro atoms. The quantitative estimate of drug-likeness (QED) is 0.783. The number of carbonyl (C=O) groups is 1. The number of methoxy groups -OCH3 is 2. The first-order valence-electron chi connectivity index (χ1n) is 7.92. The third-order valence-electron chi connectivity index (χ3n) is 3.76. The van der Waals surface area contributed by atoms with E-state index in [9.17, 15) is 4.79 Å². The van der Waals surface area contributed by atoms with Crippen LogP contribution in [-0.2, 0) is 4.79 Å². The molecule has 0 heterocycles. The van der Waals surface area contributed by atoms with Crippen molar-refractivity contribution in [2.45, 2.75) is 19.4 Å². The second-order valence-corrected chi connectivity index (χ2v) is 5.35. The summed E-state index contributed by atoms with van der Waals surface area (Å²) in [5.41, 5.74) is 1.98. The van der Waals surface area contributed by atoms with Crippen molar-refractivity contribution in [1.82, 2.24) is 5.32 Å². The van der Waals surface area contributed by atoms with Crippen LogP contribution in [0.2, 0.25) is 0 Å². The average Bonchev–Trinajstić information content (AvgIpc) is 2.64. The first kappa shape index (κ1) is 17.6. The smallest absolute Gasteiger partial charge is 0.244 e. The van der Waals surface area contributed by atoms with Crippen LogP contribution in [0.4, 0.5) is 0 Å². The molecule has 126 valence electrons. The van der Waals surface area contributed by atoms with E-state index in [1.807, 2.05) is 55.5 Å². The van der Waals surface area contributed by atoms with Gasteiger partial charge in [-0.25, -0.2) is 0 Å². The Morgan fingerprint density at radius 1 is 1.08 bits per heavy atom. The maximum Gasteiger partial charge on any atom is 0.244 e. The zero-order valence-electron chi connectivity index (χ0n) is 14.3. The zero-order chi connectivity index (χ0) is 17.4. The van der Waals surface area contributed by atoms with Gasteiger partial charge in [0.2, 0.25) is 5.91 Å². The molecule has 0 saturated heterocycles. The van der Waals surface area contributed by atoms with E-state index in [1.165, 1.54) is 0 Å². The van der Waals surface area contributed by atoms with Crippen molar-refractivity contribution in [2.75, 3.05) is 14.2 Å². The highest BCUT2D eigenvalue weighted by Crippen LogP contribution is 2.20. The molecule has 0 aliphatic rings. The fraction of sp³-hybridized carbons (Fsp3) is 0.250.